The van der Waals surface area contributed by atoms with Crippen LogP contribution in [-0.2, 0) is 9.53 Å². The highest BCUT2D eigenvalue weighted by Gasteiger charge is 2.31. The van der Waals surface area contributed by atoms with Gasteiger partial charge in [-0.2, -0.15) is 0 Å². The van der Waals surface area contributed by atoms with Crippen molar-refractivity contribution in [2.24, 2.45) is 0 Å². The maximum absolute atomic E-state index is 12.0. The Hall–Kier alpha value is -1.67. The average molecular weight is 340 g/mol. The number of anilines is 1. The first-order valence-electron chi connectivity index (χ1n) is 6.26. The molecule has 1 unspecified atom stereocenters. The molecule has 0 spiro atoms. The molecule has 2 aromatic rings. The zero-order chi connectivity index (χ0) is 14.1. The molecule has 0 aliphatic carbocycles. The van der Waals surface area contributed by atoms with Gasteiger partial charge in [0.25, 0.3) is 0 Å². The van der Waals surface area contributed by atoms with Crippen LogP contribution in [0, 0.1) is 0 Å². The number of halogens is 1. The lowest BCUT2D eigenvalue weighted by molar-refractivity contribution is -0.124. The molecule has 1 saturated heterocycles. The summed E-state index contributed by atoms with van der Waals surface area (Å²) in [4.78, 5) is 22.8. The molecule has 1 amide bonds. The molecule has 20 heavy (non-hydrogen) atoms. The van der Waals surface area contributed by atoms with Gasteiger partial charge < -0.3 is 19.4 Å². The zero-order valence-corrected chi connectivity index (χ0v) is 12.5. The molecule has 0 radical (unpaired) electrons. The largest absolute Gasteiger partial charge is 0.377 e. The van der Waals surface area contributed by atoms with Crippen LogP contribution in [0.2, 0.25) is 0 Å². The van der Waals surface area contributed by atoms with E-state index in [1.54, 1.807) is 13.2 Å². The Kier molecular flexibility index (Phi) is 3.58. The van der Waals surface area contributed by atoms with E-state index in [0.29, 0.717) is 30.2 Å². The topological polar surface area (TPSA) is 71.8 Å². The molecule has 1 aliphatic heterocycles. The van der Waals surface area contributed by atoms with Gasteiger partial charge in [-0.25, -0.2) is 9.97 Å². The highest BCUT2D eigenvalue weighted by atomic mass is 79.9. The third-order valence-corrected chi connectivity index (χ3v) is 3.66. The smallest absolute Gasteiger partial charge is 0.244 e. The van der Waals surface area contributed by atoms with Gasteiger partial charge >= 0.3 is 0 Å². The molecular formula is C12H14BrN5O2. The molecule has 106 valence electrons. The number of imidazole rings is 1. The van der Waals surface area contributed by atoms with Crippen molar-refractivity contribution >= 4 is 33.3 Å². The molecule has 0 aromatic carbocycles. The zero-order valence-electron chi connectivity index (χ0n) is 10.9. The predicted molar refractivity (Wildman–Crippen MR) is 76.7 cm³/mol. The van der Waals surface area contributed by atoms with Crippen LogP contribution in [0.15, 0.2) is 23.2 Å². The minimum Gasteiger partial charge on any atom is -0.377 e. The number of hydrogen-bond donors (Lipinski definition) is 1. The van der Waals surface area contributed by atoms with Gasteiger partial charge in [0.1, 0.15) is 10.6 Å². The van der Waals surface area contributed by atoms with Crippen molar-refractivity contribution < 1.29 is 9.53 Å². The predicted octanol–water partition coefficient (Wildman–Crippen LogP) is 0.443. The van der Waals surface area contributed by atoms with Crippen LogP contribution in [0.1, 0.15) is 0 Å². The summed E-state index contributed by atoms with van der Waals surface area (Å²) in [6, 6.07) is -0.393. The second kappa shape index (κ2) is 5.37. The number of fused-ring (bicyclic) bond motifs is 1. The van der Waals surface area contributed by atoms with E-state index in [1.165, 1.54) is 0 Å². The highest BCUT2D eigenvalue weighted by molar-refractivity contribution is 9.10. The van der Waals surface area contributed by atoms with Crippen LogP contribution >= 0.6 is 15.9 Å². The molecule has 3 heterocycles. The fraction of sp³-hybridized carbons (Fsp3) is 0.417. The van der Waals surface area contributed by atoms with E-state index >= 15 is 0 Å². The van der Waals surface area contributed by atoms with Crippen molar-refractivity contribution in [3.63, 3.8) is 0 Å². The Balaban J connectivity index is 2.07. The Bertz CT molecular complexity index is 644. The number of morpholine rings is 1. The van der Waals surface area contributed by atoms with Gasteiger partial charge in [0, 0.05) is 32.2 Å². The first kappa shape index (κ1) is 13.3. The van der Waals surface area contributed by atoms with E-state index in [1.807, 2.05) is 21.7 Å². The van der Waals surface area contributed by atoms with Crippen LogP contribution in [0.3, 0.4) is 0 Å². The van der Waals surface area contributed by atoms with Gasteiger partial charge in [-0.15, -0.1) is 0 Å². The SMILES string of the molecule is CNC(=O)C1COCCN1c1nc(Br)cn2ccnc12. The second-order valence-corrected chi connectivity index (χ2v) is 5.26. The maximum Gasteiger partial charge on any atom is 0.244 e. The number of carbonyl (C=O) groups excluding carboxylic acids is 1. The van der Waals surface area contributed by atoms with E-state index in [9.17, 15) is 4.79 Å². The standard InChI is InChI=1S/C12H14BrN5O2/c1-14-12(19)8-7-20-5-4-18(8)11-10-15-2-3-17(10)6-9(13)16-11/h2-3,6,8H,4-5,7H2,1H3,(H,14,19). The number of carbonyl (C=O) groups is 1. The molecule has 1 aliphatic rings. The number of likely N-dealkylation sites (N-methyl/N-ethyl adjacent to an activating group) is 1. The quantitative estimate of drug-likeness (QED) is 0.859. The van der Waals surface area contributed by atoms with Crippen LogP contribution in [0.25, 0.3) is 5.65 Å². The van der Waals surface area contributed by atoms with Gasteiger partial charge in [-0.3, -0.25) is 4.79 Å². The number of nitrogens with zero attached hydrogens (tertiary/aromatic N) is 4. The molecule has 1 fully saturated rings. The number of rotatable bonds is 2. The Morgan fingerprint density at radius 3 is 3.25 bits per heavy atom. The number of aromatic nitrogens is 3. The lowest BCUT2D eigenvalue weighted by Gasteiger charge is -2.35. The average Bonchev–Trinajstić information content (AvgIpc) is 2.93. The van der Waals surface area contributed by atoms with Crippen LogP contribution in [-0.4, -0.2) is 53.1 Å². The van der Waals surface area contributed by atoms with Gasteiger partial charge in [0.05, 0.1) is 13.2 Å². The number of amides is 1. The minimum atomic E-state index is -0.393. The molecule has 1 atom stereocenters. The lowest BCUT2D eigenvalue weighted by atomic mass is 10.2. The monoisotopic (exact) mass is 339 g/mol. The summed E-state index contributed by atoms with van der Waals surface area (Å²) in [5.41, 5.74) is 0.726. The highest BCUT2D eigenvalue weighted by Crippen LogP contribution is 2.24. The molecule has 3 rings (SSSR count). The van der Waals surface area contributed by atoms with Gasteiger partial charge in [0.15, 0.2) is 11.5 Å². The molecule has 7 nitrogen and oxygen atoms in total. The summed E-state index contributed by atoms with van der Waals surface area (Å²) in [5.74, 6) is 0.595. The number of nitrogens with one attached hydrogen (secondary N) is 1. The van der Waals surface area contributed by atoms with Crippen molar-refractivity contribution in [1.29, 1.82) is 0 Å². The van der Waals surface area contributed by atoms with Crippen LogP contribution < -0.4 is 10.2 Å². The summed E-state index contributed by atoms with van der Waals surface area (Å²) in [5, 5.41) is 2.66. The molecule has 0 saturated carbocycles. The minimum absolute atomic E-state index is 0.0869. The molecule has 2 aromatic heterocycles. The van der Waals surface area contributed by atoms with Gasteiger partial charge in [-0.05, 0) is 15.9 Å². The number of hydrogen-bond acceptors (Lipinski definition) is 5. The molecule has 0 bridgehead atoms. The van der Waals surface area contributed by atoms with E-state index in [-0.39, 0.29) is 5.91 Å². The summed E-state index contributed by atoms with van der Waals surface area (Å²) in [7, 11) is 1.62. The summed E-state index contributed by atoms with van der Waals surface area (Å²) < 4.78 is 7.98. The van der Waals surface area contributed by atoms with Gasteiger partial charge in [-0.1, -0.05) is 0 Å². The summed E-state index contributed by atoms with van der Waals surface area (Å²) in [6.07, 6.45) is 5.39. The number of ether oxygens (including phenoxy) is 1. The Morgan fingerprint density at radius 2 is 2.45 bits per heavy atom. The van der Waals surface area contributed by atoms with E-state index in [0.717, 1.165) is 5.65 Å². The summed E-state index contributed by atoms with van der Waals surface area (Å²) in [6.45, 7) is 1.51. The fourth-order valence-electron chi connectivity index (χ4n) is 2.32. The molecule has 1 N–H and O–H groups in total. The van der Waals surface area contributed by atoms with Gasteiger partial charge in [0.2, 0.25) is 5.91 Å². The van der Waals surface area contributed by atoms with Crippen molar-refractivity contribution in [3.05, 3.63) is 23.2 Å². The van der Waals surface area contributed by atoms with Crippen molar-refractivity contribution in [2.75, 3.05) is 31.7 Å². The van der Waals surface area contributed by atoms with Crippen LogP contribution in [0.5, 0.6) is 0 Å². The molecule has 8 heteroatoms. The first-order valence-corrected chi connectivity index (χ1v) is 7.05. The van der Waals surface area contributed by atoms with E-state index in [2.05, 4.69) is 31.2 Å². The molecular weight excluding hydrogens is 326 g/mol. The van der Waals surface area contributed by atoms with E-state index < -0.39 is 6.04 Å². The third kappa shape index (κ3) is 2.25. The first-order chi connectivity index (χ1) is 9.70. The van der Waals surface area contributed by atoms with Crippen LogP contribution in [0.4, 0.5) is 5.82 Å². The van der Waals surface area contributed by atoms with Crippen molar-refractivity contribution in [3.8, 4) is 0 Å². The van der Waals surface area contributed by atoms with E-state index in [4.69, 9.17) is 4.74 Å². The normalized spacial score (nSPS) is 19.3. The lowest BCUT2D eigenvalue weighted by Crippen LogP contribution is -2.53. The Morgan fingerprint density at radius 1 is 1.60 bits per heavy atom. The Labute approximate surface area is 124 Å². The second-order valence-electron chi connectivity index (χ2n) is 4.44. The summed E-state index contributed by atoms with van der Waals surface area (Å²) >= 11 is 3.39. The fourth-order valence-corrected chi connectivity index (χ4v) is 2.71. The van der Waals surface area contributed by atoms with Crippen molar-refractivity contribution in [2.45, 2.75) is 6.04 Å². The maximum atomic E-state index is 12.0. The van der Waals surface area contributed by atoms with Crippen molar-refractivity contribution in [1.82, 2.24) is 19.7 Å². The third-order valence-electron chi connectivity index (χ3n) is 3.28.